The average Bonchev–Trinajstić information content (AvgIpc) is 3.81. The summed E-state index contributed by atoms with van der Waals surface area (Å²) in [5.74, 6) is -5.87. The Bertz CT molecular complexity index is 3090. The molecule has 1 fully saturated rings. The summed E-state index contributed by atoms with van der Waals surface area (Å²) in [7, 11) is 0. The summed E-state index contributed by atoms with van der Waals surface area (Å²) in [6.45, 7) is 2.49. The molecule has 5 aromatic carbocycles. The van der Waals surface area contributed by atoms with E-state index in [9.17, 15) is 30.8 Å². The van der Waals surface area contributed by atoms with E-state index in [2.05, 4.69) is 20.3 Å². The zero-order chi connectivity index (χ0) is 50.2. The molecule has 65 heavy (non-hydrogen) atoms. The number of benzene rings is 5. The molecule has 1 N–H and O–H groups in total. The predicted molar refractivity (Wildman–Crippen MR) is 237 cm³/mol. The normalized spacial score (nSPS) is 21.4. The van der Waals surface area contributed by atoms with Gasteiger partial charge in [0.1, 0.15) is 12.6 Å². The minimum atomic E-state index is -3.87. The first-order chi connectivity index (χ1) is 33.2. The molecule has 0 saturated carbocycles. The fraction of sp³-hybridized carbons (Fsp3) is 0.184. The van der Waals surface area contributed by atoms with E-state index in [0.29, 0.717) is 16.9 Å². The molecule has 0 spiro atoms. The summed E-state index contributed by atoms with van der Waals surface area (Å²) in [6, 6.07) is 34.0. The third kappa shape index (κ3) is 9.87. The fourth-order valence-corrected chi connectivity index (χ4v) is 6.41. The molecule has 16 heteroatoms. The van der Waals surface area contributed by atoms with Gasteiger partial charge in [-0.2, -0.15) is 9.97 Å². The molecule has 1 saturated heterocycles. The van der Waals surface area contributed by atoms with E-state index in [1.807, 2.05) is 0 Å². The quantitative estimate of drug-likeness (QED) is 0.0913. The first-order valence-corrected chi connectivity index (χ1v) is 20.0. The Kier molecular flexibility index (Phi) is 10.9. The number of hydrogen-bond donors (Lipinski definition) is 1. The minimum Gasteiger partial charge on any atom is -0.459 e. The van der Waals surface area contributed by atoms with Crippen LogP contribution < -0.4 is 15.0 Å². The van der Waals surface area contributed by atoms with Crippen LogP contribution in [-0.4, -0.2) is 74.2 Å². The van der Waals surface area contributed by atoms with E-state index in [1.165, 1.54) is 65.6 Å². The van der Waals surface area contributed by atoms with Crippen molar-refractivity contribution in [3.63, 3.8) is 0 Å². The molecule has 3 heterocycles. The number of nitrogens with zero attached hydrogens (tertiary/aromatic N) is 5. The number of ether oxygens (including phenoxy) is 5. The summed E-state index contributed by atoms with van der Waals surface area (Å²) in [6.07, 6.45) is -13.9. The Balaban J connectivity index is 1.32. The maximum absolute atomic E-state index is 14.3. The Morgan fingerprint density at radius 1 is 0.692 bits per heavy atom. The molecule has 0 bridgehead atoms. The van der Waals surface area contributed by atoms with E-state index in [-0.39, 0.29) is 22.2 Å². The molecule has 1 aliphatic heterocycles. The van der Waals surface area contributed by atoms with Gasteiger partial charge in [0.25, 0.3) is 5.88 Å². The van der Waals surface area contributed by atoms with Crippen LogP contribution in [-0.2, 0) is 23.7 Å². The van der Waals surface area contributed by atoms with Gasteiger partial charge in [-0.15, -0.1) is 0 Å². The van der Waals surface area contributed by atoms with Crippen LogP contribution in [0.25, 0.3) is 11.2 Å². The molecule has 16 nitrogen and oxygen atoms in total. The molecular formula is C49H42N6O10. The van der Waals surface area contributed by atoms with Gasteiger partial charge in [-0.1, -0.05) is 89.5 Å². The number of imidazole rings is 1. The molecule has 1 unspecified atom stereocenters. The Labute approximate surface area is 379 Å². The zero-order valence-electron chi connectivity index (χ0n) is 40.2. The standard InChI is InChI=1S/C49H42N6O10/c1-29-15-21-33(22-16-29)45(57)61-27-38-40(63-46(58)34-23-17-30(2)18-24-34)41(64-47(59)35-25-19-31(3)20-26-35)44(62-38)54-28-50-39-42(54)52-48(51-32(4)56)53-43(39)65-49(60)55(36-11-7-5-8-12-36)37-13-9-6-10-14-37/h5-26,28,38,40-41,44H,27H2,1-4H3,(H,51,52,53,56)/t38-,40-,41-,44?/m1/s1/i27D2,38D,40D,41D. The van der Waals surface area contributed by atoms with Crippen molar-refractivity contribution in [1.29, 1.82) is 0 Å². The number of anilines is 3. The Morgan fingerprint density at radius 2 is 1.18 bits per heavy atom. The van der Waals surface area contributed by atoms with Crippen molar-refractivity contribution < 1.29 is 54.5 Å². The number of aromatic nitrogens is 4. The van der Waals surface area contributed by atoms with Gasteiger partial charge in [0.15, 0.2) is 29.6 Å². The number of carbonyl (C=O) groups excluding carboxylic acids is 5. The molecular weight excluding hydrogens is 833 g/mol. The van der Waals surface area contributed by atoms with E-state index in [1.54, 1.807) is 93.6 Å². The van der Waals surface area contributed by atoms with Gasteiger partial charge in [-0.3, -0.25) is 14.7 Å². The average molecular weight is 880 g/mol. The lowest BCUT2D eigenvalue weighted by atomic mass is 10.1. The van der Waals surface area contributed by atoms with Gasteiger partial charge in [0.05, 0.1) is 41.2 Å². The minimum absolute atomic E-state index is 0.189. The zero-order valence-corrected chi connectivity index (χ0v) is 35.2. The number of aryl methyl sites for hydroxylation is 3. The highest BCUT2D eigenvalue weighted by Gasteiger charge is 2.52. The van der Waals surface area contributed by atoms with Crippen molar-refractivity contribution in [2.24, 2.45) is 0 Å². The van der Waals surface area contributed by atoms with Gasteiger partial charge in [0.2, 0.25) is 11.9 Å². The number of para-hydroxylation sites is 2. The van der Waals surface area contributed by atoms with Gasteiger partial charge >= 0.3 is 24.0 Å². The summed E-state index contributed by atoms with van der Waals surface area (Å²) >= 11 is 0. The first-order valence-electron chi connectivity index (χ1n) is 22.5. The first kappa shape index (κ1) is 37.3. The van der Waals surface area contributed by atoms with Crippen LogP contribution in [0.15, 0.2) is 140 Å². The molecule has 2 aromatic heterocycles. The number of fused-ring (bicyclic) bond motifs is 1. The highest BCUT2D eigenvalue weighted by Crippen LogP contribution is 2.38. The molecule has 0 aliphatic carbocycles. The molecule has 4 atom stereocenters. The second-order valence-electron chi connectivity index (χ2n) is 14.6. The fourth-order valence-electron chi connectivity index (χ4n) is 6.41. The number of hydrogen-bond acceptors (Lipinski definition) is 13. The summed E-state index contributed by atoms with van der Waals surface area (Å²) in [5, 5.41) is 2.39. The lowest BCUT2D eigenvalue weighted by molar-refractivity contribution is -0.114. The summed E-state index contributed by atoms with van der Waals surface area (Å²) in [4.78, 5) is 83.1. The monoisotopic (exact) mass is 879 g/mol. The van der Waals surface area contributed by atoms with Crippen LogP contribution in [0.1, 0.15) is 67.8 Å². The van der Waals surface area contributed by atoms with Crippen molar-refractivity contribution in [2.45, 2.75) is 52.2 Å². The largest absolute Gasteiger partial charge is 0.459 e. The van der Waals surface area contributed by atoms with Crippen LogP contribution in [0.5, 0.6) is 5.88 Å². The number of amides is 2. The molecule has 8 rings (SSSR count). The Hall–Kier alpha value is -8.24. The van der Waals surface area contributed by atoms with E-state index in [0.717, 1.165) is 28.9 Å². The molecule has 7 aromatic rings. The third-order valence-corrected chi connectivity index (χ3v) is 9.70. The van der Waals surface area contributed by atoms with Gasteiger partial charge in [0, 0.05) is 6.92 Å². The second-order valence-corrected chi connectivity index (χ2v) is 14.6. The van der Waals surface area contributed by atoms with Crippen molar-refractivity contribution in [2.75, 3.05) is 16.8 Å². The lowest BCUT2D eigenvalue weighted by Crippen LogP contribution is -2.41. The summed E-state index contributed by atoms with van der Waals surface area (Å²) < 4.78 is 78.1. The molecule has 0 radical (unpaired) electrons. The smallest absolute Gasteiger partial charge is 0.425 e. The molecule has 2 amide bonds. The number of rotatable bonds is 12. The highest BCUT2D eigenvalue weighted by atomic mass is 16.7. The molecule has 328 valence electrons. The SMILES string of the molecule is [2H]C([2H])(OC(=O)c1ccc(C)cc1)[C@@]1([2H])OC(n2cnc3c(OC(=O)N(c4ccccc4)c4ccccc4)nc(NC(C)=O)nc32)[C@]([2H])(OC(=O)c2ccc(C)cc2)[C@]1([2H])OC(=O)c1ccc(C)cc1. The summed E-state index contributed by atoms with van der Waals surface area (Å²) in [5.41, 5.74) is 1.46. The van der Waals surface area contributed by atoms with Crippen molar-refractivity contribution in [3.05, 3.63) is 173 Å². The Morgan fingerprint density at radius 3 is 1.69 bits per heavy atom. The third-order valence-electron chi connectivity index (χ3n) is 9.70. The number of carbonyl (C=O) groups is 5. The second kappa shape index (κ2) is 19.0. The van der Waals surface area contributed by atoms with Crippen molar-refractivity contribution in [1.82, 2.24) is 19.5 Å². The highest BCUT2D eigenvalue weighted by molar-refractivity contribution is 5.98. The number of esters is 3. The van der Waals surface area contributed by atoms with Gasteiger partial charge in [-0.25, -0.2) is 29.1 Å². The topological polar surface area (TPSA) is 190 Å². The lowest BCUT2D eigenvalue weighted by Gasteiger charge is -2.25. The van der Waals surface area contributed by atoms with Crippen molar-refractivity contribution in [3.8, 4) is 5.88 Å². The van der Waals surface area contributed by atoms with E-state index < -0.39 is 78.4 Å². The van der Waals surface area contributed by atoms with E-state index >= 15 is 0 Å². The predicted octanol–water partition coefficient (Wildman–Crippen LogP) is 8.25. The molecule has 1 aliphatic rings. The van der Waals surface area contributed by atoms with Gasteiger partial charge < -0.3 is 23.7 Å². The van der Waals surface area contributed by atoms with Crippen LogP contribution in [0.4, 0.5) is 22.1 Å². The van der Waals surface area contributed by atoms with Crippen LogP contribution >= 0.6 is 0 Å². The maximum atomic E-state index is 14.3. The van der Waals surface area contributed by atoms with Crippen LogP contribution in [0.3, 0.4) is 0 Å². The van der Waals surface area contributed by atoms with E-state index in [4.69, 9.17) is 23.7 Å². The van der Waals surface area contributed by atoms with Crippen LogP contribution in [0.2, 0.25) is 0 Å². The maximum Gasteiger partial charge on any atom is 0.425 e. The van der Waals surface area contributed by atoms with Crippen molar-refractivity contribution >= 4 is 58.4 Å². The van der Waals surface area contributed by atoms with Gasteiger partial charge in [-0.05, 0) is 81.4 Å². The number of nitrogens with one attached hydrogen (secondary N) is 1. The van der Waals surface area contributed by atoms with Crippen LogP contribution in [0, 0.1) is 20.8 Å².